The van der Waals surface area contributed by atoms with E-state index in [0.717, 1.165) is 162 Å². The number of nitrogens with zero attached hydrogens (tertiary/aromatic N) is 4. The number of hydrogen-bond acceptors (Lipinski definition) is 17. The van der Waals surface area contributed by atoms with Crippen LogP contribution in [0.2, 0.25) is 0 Å². The number of aliphatic hydroxyl groups excluding tert-OH is 4. The van der Waals surface area contributed by atoms with Crippen LogP contribution < -0.4 is 16.4 Å². The maximum absolute atomic E-state index is 12.4. The maximum atomic E-state index is 12.4. The van der Waals surface area contributed by atoms with Crippen molar-refractivity contribution < 1.29 is 49.0 Å². The number of aliphatic hydroxyl groups is 4. The Kier molecular flexibility index (Phi) is 122. The van der Waals surface area contributed by atoms with E-state index in [-0.39, 0.29) is 24.0 Å². The fourth-order valence-electron chi connectivity index (χ4n) is 20.3. The third-order valence-corrected chi connectivity index (χ3v) is 29.8. The molecule has 850 valence electrons. The van der Waals surface area contributed by atoms with Crippen molar-refractivity contribution in [3.8, 4) is 0 Å². The second-order valence-corrected chi connectivity index (χ2v) is 44.4. The highest BCUT2D eigenvalue weighted by Crippen LogP contribution is 2.22. The maximum Gasteiger partial charge on any atom is 0.305 e. The lowest BCUT2D eigenvalue weighted by Crippen LogP contribution is -2.40. The fraction of sp³-hybridized carbons (Fsp3) is 0.976. The Labute approximate surface area is 885 Å². The molecule has 142 heavy (non-hydrogen) atoms. The van der Waals surface area contributed by atoms with Crippen LogP contribution in [0.3, 0.4) is 0 Å². The number of hydrogen-bond donors (Lipinski definition) is 7. The number of rotatable bonds is 122. The normalized spacial score (nSPS) is 12.7. The van der Waals surface area contributed by atoms with E-state index in [2.05, 4.69) is 78.7 Å². The van der Waals surface area contributed by atoms with Gasteiger partial charge in [-0.3, -0.25) is 14.4 Å². The number of nitrogens with two attached hydrogens (primary N) is 1. The lowest BCUT2D eigenvalue weighted by molar-refractivity contribution is -0.144. The molecule has 0 saturated carbocycles. The highest BCUT2D eigenvalue weighted by atomic mass is 16.5. The molecule has 0 aromatic heterocycles. The fourth-order valence-corrected chi connectivity index (χ4v) is 20.3. The minimum absolute atomic E-state index is 0.0553. The van der Waals surface area contributed by atoms with E-state index in [4.69, 9.17) is 19.9 Å². The van der Waals surface area contributed by atoms with Crippen molar-refractivity contribution in [3.05, 3.63) is 0 Å². The van der Waals surface area contributed by atoms with Gasteiger partial charge in [-0.25, -0.2) is 0 Å². The molecular formula is C125H255N7O10. The van der Waals surface area contributed by atoms with Gasteiger partial charge in [0, 0.05) is 65.1 Å². The Bertz CT molecular complexity index is 2390. The van der Waals surface area contributed by atoms with Crippen molar-refractivity contribution in [1.82, 2.24) is 30.2 Å². The smallest absolute Gasteiger partial charge is 0.305 e. The molecule has 0 aromatic carbocycles. The van der Waals surface area contributed by atoms with Crippen molar-refractivity contribution >= 4 is 17.9 Å². The molecule has 0 aliphatic carbocycles. The molecule has 4 unspecified atom stereocenters. The van der Waals surface area contributed by atoms with Gasteiger partial charge in [0.2, 0.25) is 0 Å². The van der Waals surface area contributed by atoms with Gasteiger partial charge in [0.1, 0.15) is 0 Å². The third kappa shape index (κ3) is 117. The van der Waals surface area contributed by atoms with Crippen molar-refractivity contribution in [2.24, 2.45) is 5.73 Å². The molecule has 0 fully saturated rings. The predicted molar refractivity (Wildman–Crippen MR) is 617 cm³/mol. The van der Waals surface area contributed by atoms with Crippen LogP contribution in [0.4, 0.5) is 0 Å². The standard InChI is InChI=1S/C70H142N4O6.C55H113N3O4/c1-5-9-13-17-21-25-28-30-33-37-41-45-57-73(65-67(75)63-71-55-51-53-69(77)79-61-49-43-39-35-24-20-16-12-8-4)59-47-48-60-74(58-46-42-38-34-31-29-26-22-18-14-10-6-2)66-68(76)64-72-56-52-54-70(78)80-62-50-44-40-36-32-27-23-19-15-11-7-3;1-4-7-10-13-16-19-22-24-26-29-32-38-45-57(51-53(59)43-36-35-37-44-55(61)62-49-42-34-31-28-21-18-15-12-9-6-3)47-40-41-48-58(52-54(60)50-56)46-39-33-30-27-25-23-20-17-14-11-8-5-2/h67-68,71-72,75-76H,5-66H2,1-4H3;53-54,59-60H,4-52,56H2,1-3H3. The molecule has 0 spiro atoms. The predicted octanol–water partition coefficient (Wildman–Crippen LogP) is 33.0. The third-order valence-electron chi connectivity index (χ3n) is 29.8. The first kappa shape index (κ1) is 142. The number of esters is 3. The van der Waals surface area contributed by atoms with Gasteiger partial charge in [-0.05, 0) is 162 Å². The number of carbonyl (C=O) groups is 3. The summed E-state index contributed by atoms with van der Waals surface area (Å²) in [6, 6.07) is 0. The molecule has 0 aliphatic rings. The van der Waals surface area contributed by atoms with Crippen LogP contribution in [0.25, 0.3) is 0 Å². The summed E-state index contributed by atoms with van der Waals surface area (Å²) in [6.45, 7) is 31.2. The van der Waals surface area contributed by atoms with Crippen LogP contribution in [0.5, 0.6) is 0 Å². The van der Waals surface area contributed by atoms with Crippen LogP contribution in [0.15, 0.2) is 0 Å². The summed E-state index contributed by atoms with van der Waals surface area (Å²) in [5, 5.41) is 50.9. The monoisotopic (exact) mass is 2010 g/mol. The summed E-state index contributed by atoms with van der Waals surface area (Å²) in [6.07, 6.45) is 112. The van der Waals surface area contributed by atoms with Crippen molar-refractivity contribution in [3.63, 3.8) is 0 Å². The average Bonchev–Trinajstić information content (AvgIpc) is 0.954. The average molecular weight is 2020 g/mol. The number of unbranched alkanes of at least 4 members (excludes halogenated alkanes) is 75. The minimum Gasteiger partial charge on any atom is -0.466 e. The first-order valence-electron chi connectivity index (χ1n) is 64.0. The van der Waals surface area contributed by atoms with Crippen molar-refractivity contribution in [1.29, 1.82) is 0 Å². The van der Waals surface area contributed by atoms with E-state index < -0.39 is 18.3 Å². The zero-order valence-corrected chi connectivity index (χ0v) is 96.9. The molecular weight excluding hydrogens is 1760 g/mol. The molecule has 0 heterocycles. The summed E-state index contributed by atoms with van der Waals surface area (Å²) in [4.78, 5) is 47.0. The number of nitrogens with one attached hydrogen (secondary N) is 2. The number of ether oxygens (including phenoxy) is 3. The highest BCUT2D eigenvalue weighted by Gasteiger charge is 2.19. The van der Waals surface area contributed by atoms with E-state index in [1.807, 2.05) is 0 Å². The zero-order valence-electron chi connectivity index (χ0n) is 96.9. The van der Waals surface area contributed by atoms with Crippen LogP contribution in [-0.2, 0) is 28.6 Å². The summed E-state index contributed by atoms with van der Waals surface area (Å²) in [5.74, 6) is -0.258. The van der Waals surface area contributed by atoms with Gasteiger partial charge >= 0.3 is 17.9 Å². The topological polar surface area (TPSA) is 223 Å². The quantitative estimate of drug-likeness (QED) is 0.0171. The van der Waals surface area contributed by atoms with E-state index in [1.165, 1.54) is 462 Å². The van der Waals surface area contributed by atoms with E-state index in [0.29, 0.717) is 91.4 Å². The van der Waals surface area contributed by atoms with E-state index >= 15 is 0 Å². The van der Waals surface area contributed by atoms with E-state index in [1.54, 1.807) is 0 Å². The SMILES string of the molecule is CCCCCCCCCCCCCCN(CCCCN(CCCCCCCCCCCCCC)CC(O)CCCCCC(=O)OCCCCCCCCCCCC)CC(O)CN.CCCCCCCCCCCCCCN(CCCCN(CCCCCCCCCCCCCC)CC(O)CNCCCC(=O)OCCCCCCCCCCCCC)CC(O)CNCCCC(=O)OCCCCCCCCCCC. The van der Waals surface area contributed by atoms with Crippen LogP contribution in [-0.4, -0.2) is 213 Å². The molecule has 0 bridgehead atoms. The second-order valence-electron chi connectivity index (χ2n) is 44.4. The highest BCUT2D eigenvalue weighted by molar-refractivity contribution is 5.70. The van der Waals surface area contributed by atoms with Gasteiger partial charge in [-0.2, -0.15) is 0 Å². The Morgan fingerprint density at radius 3 is 0.570 bits per heavy atom. The molecule has 17 heteroatoms. The molecule has 8 N–H and O–H groups in total. The van der Waals surface area contributed by atoms with E-state index in [9.17, 15) is 34.8 Å². The molecule has 0 aliphatic heterocycles. The van der Waals surface area contributed by atoms with Gasteiger partial charge in [0.05, 0.1) is 44.2 Å². The van der Waals surface area contributed by atoms with Gasteiger partial charge in [0.25, 0.3) is 0 Å². The van der Waals surface area contributed by atoms with Gasteiger partial charge in [-0.15, -0.1) is 0 Å². The van der Waals surface area contributed by atoms with Crippen LogP contribution >= 0.6 is 0 Å². The van der Waals surface area contributed by atoms with Crippen LogP contribution in [0, 0.1) is 0 Å². The Morgan fingerprint density at radius 1 is 0.204 bits per heavy atom. The summed E-state index contributed by atoms with van der Waals surface area (Å²) in [7, 11) is 0. The van der Waals surface area contributed by atoms with Crippen molar-refractivity contribution in [2.75, 3.05) is 131 Å². The molecule has 0 saturated heterocycles. The lowest BCUT2D eigenvalue weighted by Gasteiger charge is -2.27. The zero-order chi connectivity index (χ0) is 103. The van der Waals surface area contributed by atoms with Crippen LogP contribution in [0.1, 0.15) is 633 Å². The summed E-state index contributed by atoms with van der Waals surface area (Å²) < 4.78 is 16.6. The molecule has 0 aromatic rings. The first-order chi connectivity index (χ1) is 69.8. The molecule has 0 radical (unpaired) electrons. The largest absolute Gasteiger partial charge is 0.466 e. The van der Waals surface area contributed by atoms with Crippen molar-refractivity contribution in [2.45, 2.75) is 657 Å². The molecule has 4 atom stereocenters. The van der Waals surface area contributed by atoms with Gasteiger partial charge < -0.3 is 70.6 Å². The Hall–Kier alpha value is -2.03. The first-order valence-corrected chi connectivity index (χ1v) is 64.0. The van der Waals surface area contributed by atoms with Gasteiger partial charge in [0.15, 0.2) is 0 Å². The Balaban J connectivity index is 0. The Morgan fingerprint density at radius 2 is 0.366 bits per heavy atom. The molecule has 0 rings (SSSR count). The summed E-state index contributed by atoms with van der Waals surface area (Å²) in [5.41, 5.74) is 5.83. The molecule has 0 amide bonds. The number of carbonyl (C=O) groups excluding carboxylic acids is 3. The molecule has 17 nitrogen and oxygen atoms in total. The summed E-state index contributed by atoms with van der Waals surface area (Å²) >= 11 is 0. The lowest BCUT2D eigenvalue weighted by atomic mass is 10.0. The second kappa shape index (κ2) is 122. The minimum atomic E-state index is -0.458. The van der Waals surface area contributed by atoms with Gasteiger partial charge in [-0.1, -0.05) is 517 Å².